The van der Waals surface area contributed by atoms with Gasteiger partial charge in [-0.05, 0) is 56.6 Å². The summed E-state index contributed by atoms with van der Waals surface area (Å²) in [5, 5.41) is 23.6. The zero-order valence-electron chi connectivity index (χ0n) is 25.4. The van der Waals surface area contributed by atoms with E-state index in [2.05, 4.69) is 26.0 Å². The van der Waals surface area contributed by atoms with E-state index >= 15 is 0 Å². The molecule has 0 aromatic carbocycles. The molecular formula is C33H48O8. The second-order valence-electron chi connectivity index (χ2n) is 13.0. The summed E-state index contributed by atoms with van der Waals surface area (Å²) >= 11 is 0. The molecule has 8 nitrogen and oxygen atoms in total. The van der Waals surface area contributed by atoms with Crippen molar-refractivity contribution in [2.45, 2.75) is 121 Å². The highest BCUT2D eigenvalue weighted by molar-refractivity contribution is 5.78. The van der Waals surface area contributed by atoms with Crippen molar-refractivity contribution in [3.8, 4) is 0 Å². The van der Waals surface area contributed by atoms with Crippen LogP contribution in [0.4, 0.5) is 0 Å². The summed E-state index contributed by atoms with van der Waals surface area (Å²) < 4.78 is 31.1. The fraction of sp³-hybridized carbons (Fsp3) is 0.727. The van der Waals surface area contributed by atoms with E-state index in [-0.39, 0.29) is 24.5 Å². The number of hydrogen-bond donors (Lipinski definition) is 2. The van der Waals surface area contributed by atoms with Crippen LogP contribution in [0.2, 0.25) is 0 Å². The highest BCUT2D eigenvalue weighted by atomic mass is 16.8. The third-order valence-corrected chi connectivity index (χ3v) is 9.94. The van der Waals surface area contributed by atoms with Gasteiger partial charge in [0.2, 0.25) is 0 Å². The number of aliphatic hydroxyl groups is 2. The molecule has 0 amide bonds. The Labute approximate surface area is 244 Å². The van der Waals surface area contributed by atoms with E-state index in [4.69, 9.17) is 23.7 Å². The van der Waals surface area contributed by atoms with Crippen LogP contribution in [-0.2, 0) is 28.5 Å². The van der Waals surface area contributed by atoms with Gasteiger partial charge in [-0.1, -0.05) is 56.7 Å². The molecule has 1 aliphatic carbocycles. The van der Waals surface area contributed by atoms with Gasteiger partial charge < -0.3 is 33.9 Å². The normalized spacial score (nSPS) is 48.7. The molecule has 2 N–H and O–H groups in total. The van der Waals surface area contributed by atoms with Crippen molar-refractivity contribution in [2.24, 2.45) is 17.8 Å². The lowest BCUT2D eigenvalue weighted by Crippen LogP contribution is -2.60. The summed E-state index contributed by atoms with van der Waals surface area (Å²) in [7, 11) is 1.59. The van der Waals surface area contributed by atoms with Gasteiger partial charge in [-0.25, -0.2) is 0 Å². The van der Waals surface area contributed by atoms with Crippen LogP contribution >= 0.6 is 0 Å². The lowest BCUT2D eigenvalue weighted by molar-refractivity contribution is -0.409. The Morgan fingerprint density at radius 2 is 1.95 bits per heavy atom. The molecule has 5 rings (SSSR count). The van der Waals surface area contributed by atoms with E-state index in [1.54, 1.807) is 13.2 Å². The average Bonchev–Trinajstić information content (AvgIpc) is 3.25. The van der Waals surface area contributed by atoms with Crippen molar-refractivity contribution in [1.29, 1.82) is 0 Å². The monoisotopic (exact) mass is 572 g/mol. The van der Waals surface area contributed by atoms with Gasteiger partial charge in [0, 0.05) is 32.3 Å². The first-order valence-electron chi connectivity index (χ1n) is 15.3. The number of carbonyl (C=O) groups is 1. The number of carbonyl (C=O) groups excluding carboxylic acids is 1. The summed E-state index contributed by atoms with van der Waals surface area (Å²) in [5.41, 5.74) is 1.11. The Kier molecular flexibility index (Phi) is 8.74. The van der Waals surface area contributed by atoms with Gasteiger partial charge >= 0.3 is 5.97 Å². The molecule has 0 radical (unpaired) electrons. The summed E-state index contributed by atoms with van der Waals surface area (Å²) in [5.74, 6) is -3.57. The molecule has 0 aromatic rings. The molecule has 4 aliphatic heterocycles. The predicted molar refractivity (Wildman–Crippen MR) is 154 cm³/mol. The largest absolute Gasteiger partial charge is 0.462 e. The van der Waals surface area contributed by atoms with Gasteiger partial charge in [-0.15, -0.1) is 0 Å². The Morgan fingerprint density at radius 3 is 2.68 bits per heavy atom. The summed E-state index contributed by atoms with van der Waals surface area (Å²) in [6.45, 7) is 10.3. The first-order chi connectivity index (χ1) is 19.4. The van der Waals surface area contributed by atoms with Gasteiger partial charge in [-0.2, -0.15) is 0 Å². The van der Waals surface area contributed by atoms with Crippen LogP contribution in [0.15, 0.2) is 47.1 Å². The molecule has 0 saturated carbocycles. The quantitative estimate of drug-likeness (QED) is 0.356. The van der Waals surface area contributed by atoms with Crippen molar-refractivity contribution < 1.29 is 38.7 Å². The Balaban J connectivity index is 1.53. The predicted octanol–water partition coefficient (Wildman–Crippen LogP) is 4.90. The van der Waals surface area contributed by atoms with Crippen LogP contribution in [-0.4, -0.2) is 71.5 Å². The zero-order chi connectivity index (χ0) is 29.6. The standard InChI is InChI=1S/C33H48O8/c1-7-32(35)23(5)13-14-31(41-32)18-26-17-25(40-31)12-11-21(3)15-20(2)9-8-10-24-19-38-29-28(37-6)22(4)16-27(30(34)39-26)33(24,29)36/h8-11,16,20,23,25-29,35-36H,7,12-15,17-19H2,1-6H3/b9-8+,21-11-,24-10-/t20-,23+,25+,26+,27-,28+,29-,31-,32-,33-/m0/s1. The van der Waals surface area contributed by atoms with Crippen molar-refractivity contribution in [3.05, 3.63) is 47.1 Å². The van der Waals surface area contributed by atoms with Crippen LogP contribution in [0.5, 0.6) is 0 Å². The van der Waals surface area contributed by atoms with E-state index in [0.29, 0.717) is 37.7 Å². The van der Waals surface area contributed by atoms with Gasteiger partial charge in [0.1, 0.15) is 29.8 Å². The highest BCUT2D eigenvalue weighted by Crippen LogP contribution is 2.49. The molecule has 8 heteroatoms. The van der Waals surface area contributed by atoms with Gasteiger partial charge in [0.05, 0.1) is 12.7 Å². The van der Waals surface area contributed by atoms with Gasteiger partial charge in [0.25, 0.3) is 0 Å². The van der Waals surface area contributed by atoms with Crippen molar-refractivity contribution in [3.63, 3.8) is 0 Å². The molecule has 3 saturated heterocycles. The maximum atomic E-state index is 14.0. The van der Waals surface area contributed by atoms with Crippen LogP contribution in [0.3, 0.4) is 0 Å². The van der Waals surface area contributed by atoms with Gasteiger partial charge in [0.15, 0.2) is 11.6 Å². The number of ether oxygens (including phenoxy) is 5. The molecule has 228 valence electrons. The minimum atomic E-state index is -1.60. The molecule has 10 atom stereocenters. The van der Waals surface area contributed by atoms with Crippen LogP contribution in [0.1, 0.15) is 79.6 Å². The highest BCUT2D eigenvalue weighted by Gasteiger charge is 2.60. The topological polar surface area (TPSA) is 104 Å². The number of hydrogen-bond acceptors (Lipinski definition) is 8. The van der Waals surface area contributed by atoms with E-state index in [0.717, 1.165) is 18.4 Å². The molecular weight excluding hydrogens is 524 g/mol. The molecule has 2 bridgehead atoms. The average molecular weight is 573 g/mol. The number of esters is 1. The number of methoxy groups -OCH3 is 1. The Hall–Kier alpha value is -1.81. The fourth-order valence-corrected chi connectivity index (χ4v) is 7.49. The molecule has 41 heavy (non-hydrogen) atoms. The zero-order valence-corrected chi connectivity index (χ0v) is 25.4. The molecule has 1 spiro atoms. The number of rotatable bonds is 2. The van der Waals surface area contributed by atoms with Crippen molar-refractivity contribution >= 4 is 5.97 Å². The third-order valence-electron chi connectivity index (χ3n) is 9.94. The molecule has 4 heterocycles. The minimum absolute atomic E-state index is 0.0341. The van der Waals surface area contributed by atoms with E-state index < -0.39 is 47.4 Å². The van der Waals surface area contributed by atoms with Gasteiger partial charge in [-0.3, -0.25) is 4.79 Å². The second kappa shape index (κ2) is 11.7. The molecule has 3 fully saturated rings. The maximum Gasteiger partial charge on any atom is 0.316 e. The lowest BCUT2D eigenvalue weighted by atomic mass is 9.70. The minimum Gasteiger partial charge on any atom is -0.462 e. The molecule has 0 unspecified atom stereocenters. The van der Waals surface area contributed by atoms with Crippen LogP contribution < -0.4 is 0 Å². The van der Waals surface area contributed by atoms with Crippen LogP contribution in [0.25, 0.3) is 0 Å². The first-order valence-corrected chi connectivity index (χ1v) is 15.3. The SMILES string of the molecule is CC[C@]1(O)O[C@@]2(CC[C@H]1C)C[C@H]1C[C@@H](C/C=C(/C)C[C@@H](C)/C=C/C=C3/CO[C@H]4[C@H](OC)C(C)=C[C@@H](C(=O)O1)[C@@]34O)O2. The Bertz CT molecular complexity index is 1120. The number of allylic oxidation sites excluding steroid dienone is 4. The number of fused-ring (bicyclic) bond motifs is 2. The Morgan fingerprint density at radius 1 is 1.17 bits per heavy atom. The third kappa shape index (κ3) is 5.76. The second-order valence-corrected chi connectivity index (χ2v) is 13.0. The molecule has 5 aliphatic rings. The molecule has 0 aromatic heterocycles. The van der Waals surface area contributed by atoms with Crippen molar-refractivity contribution in [1.82, 2.24) is 0 Å². The summed E-state index contributed by atoms with van der Waals surface area (Å²) in [4.78, 5) is 14.0. The first kappa shape index (κ1) is 30.6. The summed E-state index contributed by atoms with van der Waals surface area (Å²) in [6.07, 6.45) is 12.2. The summed E-state index contributed by atoms with van der Waals surface area (Å²) in [6, 6.07) is 0. The van der Waals surface area contributed by atoms with E-state index in [1.807, 2.05) is 32.9 Å². The smallest absolute Gasteiger partial charge is 0.316 e. The van der Waals surface area contributed by atoms with Crippen LogP contribution in [0, 0.1) is 17.8 Å². The maximum absolute atomic E-state index is 14.0. The lowest BCUT2D eigenvalue weighted by Gasteiger charge is -2.52. The fourth-order valence-electron chi connectivity index (χ4n) is 7.49. The van der Waals surface area contributed by atoms with Crippen molar-refractivity contribution in [2.75, 3.05) is 13.7 Å². The van der Waals surface area contributed by atoms with E-state index in [9.17, 15) is 15.0 Å². The van der Waals surface area contributed by atoms with E-state index in [1.165, 1.54) is 5.57 Å².